The molecule has 3 aliphatic heterocycles. The van der Waals surface area contributed by atoms with Gasteiger partial charge in [-0.2, -0.15) is 0 Å². The Labute approximate surface area is 189 Å². The van der Waals surface area contributed by atoms with Gasteiger partial charge in [0.25, 0.3) is 0 Å². The summed E-state index contributed by atoms with van der Waals surface area (Å²) in [6.07, 6.45) is 0.393. The molecule has 1 aromatic carbocycles. The zero-order chi connectivity index (χ0) is 21.5. The Morgan fingerprint density at radius 1 is 1.03 bits per heavy atom. The van der Waals surface area contributed by atoms with E-state index in [1.165, 1.54) is 0 Å². The molecule has 0 aliphatic carbocycles. The number of likely N-dealkylation sites (tertiary alicyclic amines) is 2. The van der Waals surface area contributed by atoms with E-state index in [9.17, 15) is 9.59 Å². The van der Waals surface area contributed by atoms with Crippen LogP contribution in [0, 0.1) is 11.8 Å². The van der Waals surface area contributed by atoms with Crippen molar-refractivity contribution in [3.63, 3.8) is 0 Å². The number of carbonyl (C=O) groups is 2. The Morgan fingerprint density at radius 3 is 2.42 bits per heavy atom. The normalized spacial score (nSPS) is 22.5. The number of urea groups is 1. The summed E-state index contributed by atoms with van der Waals surface area (Å²) in [5.74, 6) is 0.536. The predicted molar refractivity (Wildman–Crippen MR) is 113 cm³/mol. The zero-order valence-corrected chi connectivity index (χ0v) is 18.3. The second-order valence-corrected chi connectivity index (χ2v) is 9.23. The van der Waals surface area contributed by atoms with Gasteiger partial charge in [0.2, 0.25) is 0 Å². The molecule has 5 rings (SSSR count). The molecule has 11 heteroatoms. The van der Waals surface area contributed by atoms with Crippen LogP contribution in [0.1, 0.15) is 17.0 Å². The van der Waals surface area contributed by atoms with Crippen LogP contribution in [0.25, 0.3) is 0 Å². The molecule has 3 aliphatic rings. The first kappa shape index (κ1) is 20.4. The lowest BCUT2D eigenvalue weighted by molar-refractivity contribution is 0.0995. The average molecular weight is 465 g/mol. The van der Waals surface area contributed by atoms with Gasteiger partial charge in [0.05, 0.1) is 12.2 Å². The summed E-state index contributed by atoms with van der Waals surface area (Å²) in [6, 6.07) is 5.13. The lowest BCUT2D eigenvalue weighted by Crippen LogP contribution is -2.45. The maximum absolute atomic E-state index is 13.0. The molecular formula is C20H22Cl2N6O3. The number of aromatic amines is 1. The van der Waals surface area contributed by atoms with Gasteiger partial charge >= 0.3 is 12.1 Å². The first-order chi connectivity index (χ1) is 15.0. The highest BCUT2D eigenvalue weighted by Gasteiger charge is 2.44. The molecule has 2 atom stereocenters. The third-order valence-corrected chi connectivity index (χ3v) is 6.68. The number of nitrogens with one attached hydrogen (secondary N) is 1. The molecule has 164 valence electrons. The minimum Gasteiger partial charge on any atom is -0.445 e. The van der Waals surface area contributed by atoms with Crippen molar-refractivity contribution in [1.82, 2.24) is 30.1 Å². The molecule has 0 spiro atoms. The van der Waals surface area contributed by atoms with Crippen molar-refractivity contribution in [2.24, 2.45) is 11.8 Å². The van der Waals surface area contributed by atoms with Gasteiger partial charge in [-0.05, 0) is 23.8 Å². The molecule has 0 bridgehead atoms. The van der Waals surface area contributed by atoms with Crippen molar-refractivity contribution in [2.75, 3.05) is 32.7 Å². The molecule has 2 unspecified atom stereocenters. The van der Waals surface area contributed by atoms with Crippen molar-refractivity contribution in [3.8, 4) is 0 Å². The molecule has 3 amide bonds. The molecule has 4 heterocycles. The van der Waals surface area contributed by atoms with Gasteiger partial charge in [-0.1, -0.05) is 28.4 Å². The minimum atomic E-state index is -0.349. The van der Waals surface area contributed by atoms with Gasteiger partial charge in [0.15, 0.2) is 0 Å². The topological polar surface area (TPSA) is 94.7 Å². The van der Waals surface area contributed by atoms with Crippen molar-refractivity contribution >= 4 is 35.3 Å². The van der Waals surface area contributed by atoms with E-state index >= 15 is 0 Å². The van der Waals surface area contributed by atoms with Crippen LogP contribution in [0.2, 0.25) is 10.0 Å². The molecule has 0 radical (unpaired) electrons. The summed E-state index contributed by atoms with van der Waals surface area (Å²) >= 11 is 12.0. The summed E-state index contributed by atoms with van der Waals surface area (Å²) in [5.41, 5.74) is 2.60. The van der Waals surface area contributed by atoms with E-state index in [4.69, 9.17) is 27.9 Å². The van der Waals surface area contributed by atoms with E-state index in [0.717, 1.165) is 23.4 Å². The molecule has 9 nitrogen and oxygen atoms in total. The summed E-state index contributed by atoms with van der Waals surface area (Å²) in [4.78, 5) is 30.9. The molecule has 2 aromatic rings. The summed E-state index contributed by atoms with van der Waals surface area (Å²) in [5, 5.41) is 11.8. The van der Waals surface area contributed by atoms with Crippen LogP contribution in [0.5, 0.6) is 0 Å². The van der Waals surface area contributed by atoms with Crippen LogP contribution in [0.4, 0.5) is 9.59 Å². The Kier molecular flexibility index (Phi) is 5.39. The molecule has 31 heavy (non-hydrogen) atoms. The van der Waals surface area contributed by atoms with Crippen LogP contribution < -0.4 is 0 Å². The van der Waals surface area contributed by atoms with E-state index in [2.05, 4.69) is 15.4 Å². The SMILES string of the molecule is O=C(OCc1cc(Cl)cc(Cl)c1)N1CC2CN(C(=O)N3CCc4[nH]nnc4C3)CC2C1. The minimum absolute atomic E-state index is 0.0370. The Balaban J connectivity index is 1.12. The number of halogens is 2. The predicted octanol–water partition coefficient (Wildman–Crippen LogP) is 2.79. The van der Waals surface area contributed by atoms with Crippen molar-refractivity contribution in [1.29, 1.82) is 0 Å². The Hall–Kier alpha value is -2.52. The Bertz CT molecular complexity index is 980. The second kappa shape index (κ2) is 8.20. The van der Waals surface area contributed by atoms with Crippen molar-refractivity contribution in [2.45, 2.75) is 19.6 Å². The average Bonchev–Trinajstić information content (AvgIpc) is 3.44. The van der Waals surface area contributed by atoms with E-state index in [1.54, 1.807) is 23.1 Å². The maximum Gasteiger partial charge on any atom is 0.410 e. The first-order valence-corrected chi connectivity index (χ1v) is 11.0. The summed E-state index contributed by atoms with van der Waals surface area (Å²) < 4.78 is 5.45. The standard InChI is InChI=1S/C20H22Cl2N6O3/c21-15-3-12(4-16(22)5-15)11-31-20(30)28-8-13-6-27(7-14(13)9-28)19(29)26-2-1-17-18(10-26)24-25-23-17/h3-5,13-14H,1-2,6-11H2,(H,23,24,25). The zero-order valence-electron chi connectivity index (χ0n) is 16.8. The molecule has 1 N–H and O–H groups in total. The van der Waals surface area contributed by atoms with Crippen molar-refractivity contribution in [3.05, 3.63) is 45.2 Å². The van der Waals surface area contributed by atoms with Crippen molar-refractivity contribution < 1.29 is 14.3 Å². The number of hydrogen-bond acceptors (Lipinski definition) is 5. The number of carbonyl (C=O) groups excluding carboxylic acids is 2. The van der Waals surface area contributed by atoms with Gasteiger partial charge in [0.1, 0.15) is 12.3 Å². The molecule has 1 aromatic heterocycles. The monoisotopic (exact) mass is 464 g/mol. The van der Waals surface area contributed by atoms with E-state index < -0.39 is 0 Å². The van der Waals surface area contributed by atoms with Crippen LogP contribution in [0.3, 0.4) is 0 Å². The molecule has 0 saturated carbocycles. The van der Waals surface area contributed by atoms with E-state index in [0.29, 0.717) is 49.3 Å². The smallest absolute Gasteiger partial charge is 0.410 e. The van der Waals surface area contributed by atoms with Gasteiger partial charge in [-0.3, -0.25) is 5.10 Å². The third-order valence-electron chi connectivity index (χ3n) is 6.25. The number of fused-ring (bicyclic) bond motifs is 2. The highest BCUT2D eigenvalue weighted by atomic mass is 35.5. The molecular weight excluding hydrogens is 443 g/mol. The molecule has 2 fully saturated rings. The van der Waals surface area contributed by atoms with E-state index in [-0.39, 0.29) is 30.6 Å². The largest absolute Gasteiger partial charge is 0.445 e. The van der Waals surface area contributed by atoms with Crippen LogP contribution in [-0.4, -0.2) is 75.0 Å². The Morgan fingerprint density at radius 2 is 1.71 bits per heavy atom. The fourth-order valence-corrected chi connectivity index (χ4v) is 5.27. The number of amides is 3. The number of ether oxygens (including phenoxy) is 1. The fraction of sp³-hybridized carbons (Fsp3) is 0.500. The fourth-order valence-electron chi connectivity index (χ4n) is 4.70. The highest BCUT2D eigenvalue weighted by molar-refractivity contribution is 6.34. The lowest BCUT2D eigenvalue weighted by atomic mass is 10.0. The third kappa shape index (κ3) is 4.16. The molecule has 2 saturated heterocycles. The number of hydrogen-bond donors (Lipinski definition) is 1. The van der Waals surface area contributed by atoms with Crippen LogP contribution in [0.15, 0.2) is 18.2 Å². The summed E-state index contributed by atoms with van der Waals surface area (Å²) in [6.45, 7) is 3.76. The first-order valence-electron chi connectivity index (χ1n) is 10.3. The quantitative estimate of drug-likeness (QED) is 0.736. The van der Waals surface area contributed by atoms with Gasteiger partial charge < -0.3 is 19.4 Å². The van der Waals surface area contributed by atoms with Crippen LogP contribution in [-0.2, 0) is 24.3 Å². The highest BCUT2D eigenvalue weighted by Crippen LogP contribution is 2.32. The number of rotatable bonds is 2. The van der Waals surface area contributed by atoms with E-state index in [1.807, 2.05) is 9.80 Å². The second-order valence-electron chi connectivity index (χ2n) is 8.35. The van der Waals surface area contributed by atoms with Gasteiger partial charge in [-0.25, -0.2) is 9.59 Å². The van der Waals surface area contributed by atoms with Crippen LogP contribution >= 0.6 is 23.2 Å². The number of aromatic nitrogens is 3. The van der Waals surface area contributed by atoms with Gasteiger partial charge in [-0.15, -0.1) is 5.10 Å². The summed E-state index contributed by atoms with van der Waals surface area (Å²) in [7, 11) is 0. The lowest BCUT2D eigenvalue weighted by Gasteiger charge is -2.31. The number of benzene rings is 1. The number of H-pyrrole nitrogens is 1. The maximum atomic E-state index is 13.0. The number of nitrogens with zero attached hydrogens (tertiary/aromatic N) is 5. The van der Waals surface area contributed by atoms with Gasteiger partial charge in [0, 0.05) is 61.0 Å².